The first kappa shape index (κ1) is 30.6. The van der Waals surface area contributed by atoms with Gasteiger partial charge in [0.05, 0.1) is 12.5 Å². The number of H-pyrrole nitrogens is 1. The van der Waals surface area contributed by atoms with Crippen molar-refractivity contribution in [3.05, 3.63) is 36.0 Å². The molecule has 2 aromatic rings. The first-order chi connectivity index (χ1) is 18.1. The van der Waals surface area contributed by atoms with E-state index in [4.69, 9.17) is 17.2 Å². The van der Waals surface area contributed by atoms with Gasteiger partial charge in [0.2, 0.25) is 23.6 Å². The molecule has 4 atom stereocenters. The minimum Gasteiger partial charge on any atom is -0.480 e. The van der Waals surface area contributed by atoms with Gasteiger partial charge >= 0.3 is 5.97 Å². The quantitative estimate of drug-likeness (QED) is 0.0881. The molecule has 38 heavy (non-hydrogen) atoms. The number of para-hydroxylation sites is 1. The molecule has 11 N–H and O–H groups in total. The molecular weight excluding hydrogens is 514 g/mol. The summed E-state index contributed by atoms with van der Waals surface area (Å²) in [7, 11) is 0. The summed E-state index contributed by atoms with van der Waals surface area (Å²) in [4.78, 5) is 65.0. The highest BCUT2D eigenvalue weighted by atomic mass is 32.1. The first-order valence-electron chi connectivity index (χ1n) is 12.1. The van der Waals surface area contributed by atoms with Crippen LogP contribution in [0.3, 0.4) is 0 Å². The third-order valence-electron chi connectivity index (χ3n) is 5.87. The number of aromatic amines is 1. The Morgan fingerprint density at radius 2 is 1.58 bits per heavy atom. The van der Waals surface area contributed by atoms with Gasteiger partial charge in [-0.2, -0.15) is 12.6 Å². The van der Waals surface area contributed by atoms with Gasteiger partial charge in [0.25, 0.3) is 0 Å². The second-order valence-corrected chi connectivity index (χ2v) is 9.19. The summed E-state index contributed by atoms with van der Waals surface area (Å²) in [6.07, 6.45) is 2.70. The molecule has 0 saturated carbocycles. The van der Waals surface area contributed by atoms with Crippen LogP contribution in [0, 0.1) is 0 Å². The number of hydrogen-bond donors (Lipinski definition) is 9. The Hall–Kier alpha value is -3.62. The number of primary amides is 1. The standard InChI is InChI=1S/C24H35N7O6S/c25-8-4-3-6-15(26)21(33)29-18(10-20(27)32)23(35)30-17(22(34)31-19(12-38)24(36)37)9-13-11-28-16-7-2-1-5-14(13)16/h1-2,5,7,11,15,17-19,28,38H,3-4,6,8-10,12,25-26H2,(H2,27,32)(H,29,33)(H,30,35)(H,31,34)(H,36,37). The number of hydrogen-bond acceptors (Lipinski definition) is 8. The molecule has 1 heterocycles. The number of unbranched alkanes of at least 4 members (excludes halogenated alkanes) is 1. The number of carbonyl (C=O) groups is 5. The zero-order valence-electron chi connectivity index (χ0n) is 20.8. The second kappa shape index (κ2) is 15.0. The number of fused-ring (bicyclic) bond motifs is 1. The van der Waals surface area contributed by atoms with Gasteiger partial charge in [-0.3, -0.25) is 19.2 Å². The van der Waals surface area contributed by atoms with Crippen molar-refractivity contribution in [3.8, 4) is 0 Å². The molecule has 208 valence electrons. The zero-order chi connectivity index (χ0) is 28.2. The fraction of sp³-hybridized carbons (Fsp3) is 0.458. The molecule has 0 aliphatic carbocycles. The molecule has 4 unspecified atom stereocenters. The Kier molecular flexibility index (Phi) is 12.0. The van der Waals surface area contributed by atoms with Crippen molar-refractivity contribution < 1.29 is 29.1 Å². The number of carbonyl (C=O) groups excluding carboxylic acids is 4. The maximum atomic E-state index is 13.2. The second-order valence-electron chi connectivity index (χ2n) is 8.83. The van der Waals surface area contributed by atoms with Crippen molar-refractivity contribution in [3.63, 3.8) is 0 Å². The summed E-state index contributed by atoms with van der Waals surface area (Å²) >= 11 is 3.96. The number of nitrogens with one attached hydrogen (secondary N) is 4. The SMILES string of the molecule is NCCCCC(N)C(=O)NC(CC(N)=O)C(=O)NC(Cc1c[nH]c2ccccc12)C(=O)NC(CS)C(=O)O. The van der Waals surface area contributed by atoms with Gasteiger partial charge in [0.1, 0.15) is 18.1 Å². The summed E-state index contributed by atoms with van der Waals surface area (Å²) < 4.78 is 0. The topological polar surface area (TPSA) is 236 Å². The minimum atomic E-state index is -1.40. The van der Waals surface area contributed by atoms with E-state index in [0.29, 0.717) is 31.4 Å². The predicted octanol–water partition coefficient (Wildman–Crippen LogP) is -1.49. The Morgan fingerprint density at radius 1 is 0.947 bits per heavy atom. The third kappa shape index (κ3) is 9.04. The van der Waals surface area contributed by atoms with Gasteiger partial charge in [0.15, 0.2) is 0 Å². The minimum absolute atomic E-state index is 0.0175. The molecule has 0 aliphatic rings. The largest absolute Gasteiger partial charge is 0.480 e. The van der Waals surface area contributed by atoms with Gasteiger partial charge in [0, 0.05) is 29.3 Å². The molecule has 0 fully saturated rings. The van der Waals surface area contributed by atoms with E-state index in [1.54, 1.807) is 6.20 Å². The average molecular weight is 550 g/mol. The molecule has 0 spiro atoms. The van der Waals surface area contributed by atoms with E-state index in [9.17, 15) is 29.1 Å². The van der Waals surface area contributed by atoms with E-state index in [0.717, 1.165) is 10.9 Å². The van der Waals surface area contributed by atoms with Crippen LogP contribution in [-0.2, 0) is 30.4 Å². The Morgan fingerprint density at radius 3 is 2.21 bits per heavy atom. The molecule has 0 radical (unpaired) electrons. The lowest BCUT2D eigenvalue weighted by molar-refractivity contribution is -0.141. The van der Waals surface area contributed by atoms with Crippen molar-refractivity contribution in [2.24, 2.45) is 17.2 Å². The number of rotatable bonds is 16. The van der Waals surface area contributed by atoms with Crippen LogP contribution in [0.15, 0.2) is 30.5 Å². The number of aromatic nitrogens is 1. The highest BCUT2D eigenvalue weighted by molar-refractivity contribution is 7.80. The summed E-state index contributed by atoms with van der Waals surface area (Å²) in [5.41, 5.74) is 18.1. The molecule has 1 aromatic heterocycles. The van der Waals surface area contributed by atoms with Crippen LogP contribution in [0.25, 0.3) is 10.9 Å². The molecule has 14 heteroatoms. The van der Waals surface area contributed by atoms with Crippen molar-refractivity contribution >= 4 is 53.1 Å². The van der Waals surface area contributed by atoms with Crippen LogP contribution in [0.2, 0.25) is 0 Å². The van der Waals surface area contributed by atoms with Gasteiger partial charge in [-0.1, -0.05) is 24.6 Å². The van der Waals surface area contributed by atoms with Crippen molar-refractivity contribution in [1.82, 2.24) is 20.9 Å². The van der Waals surface area contributed by atoms with Gasteiger partial charge in [-0.25, -0.2) is 4.79 Å². The Labute approximate surface area is 225 Å². The summed E-state index contributed by atoms with van der Waals surface area (Å²) in [6.45, 7) is 0.441. The van der Waals surface area contributed by atoms with Crippen molar-refractivity contribution in [2.75, 3.05) is 12.3 Å². The Bertz CT molecular complexity index is 1140. The van der Waals surface area contributed by atoms with E-state index in [-0.39, 0.29) is 12.2 Å². The van der Waals surface area contributed by atoms with Crippen molar-refractivity contribution in [1.29, 1.82) is 0 Å². The summed E-state index contributed by atoms with van der Waals surface area (Å²) in [6, 6.07) is 2.40. The van der Waals surface area contributed by atoms with Gasteiger partial charge in [-0.05, 0) is 31.0 Å². The van der Waals surface area contributed by atoms with Gasteiger partial charge in [-0.15, -0.1) is 0 Å². The number of nitrogens with two attached hydrogens (primary N) is 3. The third-order valence-corrected chi connectivity index (χ3v) is 6.24. The van der Waals surface area contributed by atoms with E-state index in [2.05, 4.69) is 33.6 Å². The van der Waals surface area contributed by atoms with E-state index < -0.39 is 60.2 Å². The molecular formula is C24H35N7O6S. The highest BCUT2D eigenvalue weighted by Crippen LogP contribution is 2.19. The van der Waals surface area contributed by atoms with Crippen LogP contribution in [-0.4, -0.2) is 76.2 Å². The van der Waals surface area contributed by atoms with Crippen LogP contribution in [0.4, 0.5) is 0 Å². The van der Waals surface area contributed by atoms with Crippen LogP contribution in [0.5, 0.6) is 0 Å². The lowest BCUT2D eigenvalue weighted by Crippen LogP contribution is -2.58. The smallest absolute Gasteiger partial charge is 0.327 e. The summed E-state index contributed by atoms with van der Waals surface area (Å²) in [5.74, 6) is -4.65. The summed E-state index contributed by atoms with van der Waals surface area (Å²) in [5, 5.41) is 17.4. The monoisotopic (exact) mass is 549 g/mol. The van der Waals surface area contributed by atoms with E-state index in [1.807, 2.05) is 24.3 Å². The number of thiol groups is 1. The number of amides is 4. The number of carboxylic acids is 1. The molecule has 0 saturated heterocycles. The van der Waals surface area contributed by atoms with Gasteiger partial charge < -0.3 is 43.2 Å². The average Bonchev–Trinajstić information content (AvgIpc) is 3.28. The van der Waals surface area contributed by atoms with E-state index in [1.165, 1.54) is 0 Å². The highest BCUT2D eigenvalue weighted by Gasteiger charge is 2.31. The number of aliphatic carboxylic acids is 1. The predicted molar refractivity (Wildman–Crippen MR) is 144 cm³/mol. The zero-order valence-corrected chi connectivity index (χ0v) is 21.7. The molecule has 1 aromatic carbocycles. The molecule has 13 nitrogen and oxygen atoms in total. The van der Waals surface area contributed by atoms with Crippen LogP contribution < -0.4 is 33.2 Å². The van der Waals surface area contributed by atoms with Crippen LogP contribution in [0.1, 0.15) is 31.2 Å². The normalized spacial score (nSPS) is 14.2. The molecule has 4 amide bonds. The fourth-order valence-corrected chi connectivity index (χ4v) is 4.04. The molecule has 0 aliphatic heterocycles. The van der Waals surface area contributed by atoms with Crippen molar-refractivity contribution in [2.45, 2.75) is 56.3 Å². The maximum Gasteiger partial charge on any atom is 0.327 e. The van der Waals surface area contributed by atoms with Crippen LogP contribution >= 0.6 is 12.6 Å². The molecule has 0 bridgehead atoms. The lowest BCUT2D eigenvalue weighted by Gasteiger charge is -2.24. The lowest BCUT2D eigenvalue weighted by atomic mass is 10.0. The first-order valence-corrected chi connectivity index (χ1v) is 12.7. The molecule has 2 rings (SSSR count). The fourth-order valence-electron chi connectivity index (χ4n) is 3.79. The number of benzene rings is 1. The number of carboxylic acid groups (broad SMARTS) is 1. The maximum absolute atomic E-state index is 13.2. The Balaban J connectivity index is 2.26. The van der Waals surface area contributed by atoms with E-state index >= 15 is 0 Å².